The second kappa shape index (κ2) is 6.43. The lowest BCUT2D eigenvalue weighted by atomic mass is 10.4. The molecule has 0 radical (unpaired) electrons. The molecule has 0 aliphatic heterocycles. The fraction of sp³-hybridized carbons (Fsp3) is 0.500. The maximum atomic E-state index is 11.7. The number of carbonyl (C=O) groups is 1. The lowest BCUT2D eigenvalue weighted by molar-refractivity contribution is 0.0691. The number of nitrogens with one attached hydrogen (secondary N) is 1. The van der Waals surface area contributed by atoms with Gasteiger partial charge in [-0.25, -0.2) is 23.2 Å². The molecule has 8 nitrogen and oxygen atoms in total. The molecule has 0 aliphatic rings. The molecular formula is C10H15N3O5S. The molecular weight excluding hydrogens is 274 g/mol. The maximum Gasteiger partial charge on any atom is 0.358 e. The Balaban J connectivity index is 2.76. The van der Waals surface area contributed by atoms with Crippen LogP contribution in [0.5, 0.6) is 0 Å². The fourth-order valence-corrected chi connectivity index (χ4v) is 2.02. The van der Waals surface area contributed by atoms with Crippen molar-refractivity contribution in [1.29, 1.82) is 0 Å². The van der Waals surface area contributed by atoms with Crippen LogP contribution in [0.25, 0.3) is 0 Å². The van der Waals surface area contributed by atoms with Crippen molar-refractivity contribution in [2.24, 2.45) is 0 Å². The molecule has 19 heavy (non-hydrogen) atoms. The average molecular weight is 289 g/mol. The molecule has 0 fully saturated rings. The zero-order valence-electron chi connectivity index (χ0n) is 10.5. The van der Waals surface area contributed by atoms with Gasteiger partial charge in [-0.15, -0.1) is 0 Å². The van der Waals surface area contributed by atoms with E-state index in [0.29, 0.717) is 0 Å². The van der Waals surface area contributed by atoms with E-state index in [-0.39, 0.29) is 24.3 Å². The summed E-state index contributed by atoms with van der Waals surface area (Å²) >= 11 is 0. The number of aromatic carboxylic acids is 1. The predicted octanol–water partition coefficient (Wildman–Crippen LogP) is 0.341. The summed E-state index contributed by atoms with van der Waals surface area (Å²) in [6, 6.07) is 0. The van der Waals surface area contributed by atoms with Gasteiger partial charge in [-0.05, 0) is 13.8 Å². The summed E-state index contributed by atoms with van der Waals surface area (Å²) in [5.74, 6) is -1.95. The number of hydrogen-bond acceptors (Lipinski definition) is 6. The van der Waals surface area contributed by atoms with E-state index in [2.05, 4.69) is 14.7 Å². The number of sulfonamides is 1. The van der Waals surface area contributed by atoms with Crippen molar-refractivity contribution in [3.63, 3.8) is 0 Å². The first-order valence-electron chi connectivity index (χ1n) is 5.48. The van der Waals surface area contributed by atoms with E-state index in [1.807, 2.05) is 0 Å². The van der Waals surface area contributed by atoms with Crippen LogP contribution >= 0.6 is 0 Å². The van der Waals surface area contributed by atoms with Gasteiger partial charge >= 0.3 is 5.97 Å². The van der Waals surface area contributed by atoms with Gasteiger partial charge in [0.25, 0.3) is 0 Å². The van der Waals surface area contributed by atoms with Crippen LogP contribution in [0.15, 0.2) is 12.4 Å². The van der Waals surface area contributed by atoms with Gasteiger partial charge in [-0.1, -0.05) is 0 Å². The lowest BCUT2D eigenvalue weighted by Gasteiger charge is -2.10. The standard InChI is InChI=1S/C10H15N3O5S/c1-7(2)18-5-6-19(16,17)13-9-8(10(14)15)11-3-4-12-9/h3-4,7H,5-6H2,1-2H3,(H,12,13)(H,14,15). The Bertz CT molecular complexity index is 544. The van der Waals surface area contributed by atoms with E-state index in [0.717, 1.165) is 0 Å². The monoisotopic (exact) mass is 289 g/mol. The minimum Gasteiger partial charge on any atom is -0.476 e. The Kier molecular flexibility index (Phi) is 5.19. The van der Waals surface area contributed by atoms with Gasteiger partial charge in [0.2, 0.25) is 10.0 Å². The quantitative estimate of drug-likeness (QED) is 0.743. The van der Waals surface area contributed by atoms with Gasteiger partial charge in [-0.2, -0.15) is 0 Å². The van der Waals surface area contributed by atoms with Crippen LogP contribution in [0.3, 0.4) is 0 Å². The van der Waals surface area contributed by atoms with Crippen LogP contribution in [-0.4, -0.2) is 47.9 Å². The Morgan fingerprint density at radius 3 is 2.63 bits per heavy atom. The number of carboxylic acids is 1. The molecule has 1 rings (SSSR count). The highest BCUT2D eigenvalue weighted by Crippen LogP contribution is 2.10. The highest BCUT2D eigenvalue weighted by atomic mass is 32.2. The molecule has 106 valence electrons. The van der Waals surface area contributed by atoms with Crippen LogP contribution in [0.2, 0.25) is 0 Å². The summed E-state index contributed by atoms with van der Waals surface area (Å²) in [6.07, 6.45) is 2.29. The van der Waals surface area contributed by atoms with Gasteiger partial charge in [0.15, 0.2) is 11.5 Å². The van der Waals surface area contributed by atoms with Crippen molar-refractivity contribution in [1.82, 2.24) is 9.97 Å². The average Bonchev–Trinajstić information content (AvgIpc) is 2.27. The Hall–Kier alpha value is -1.74. The summed E-state index contributed by atoms with van der Waals surface area (Å²) in [4.78, 5) is 18.1. The van der Waals surface area contributed by atoms with Crippen molar-refractivity contribution in [3.8, 4) is 0 Å². The molecule has 1 aromatic rings. The van der Waals surface area contributed by atoms with Gasteiger partial charge < -0.3 is 9.84 Å². The molecule has 0 saturated heterocycles. The van der Waals surface area contributed by atoms with E-state index < -0.39 is 21.7 Å². The van der Waals surface area contributed by atoms with Crippen LogP contribution in [-0.2, 0) is 14.8 Å². The third-order valence-electron chi connectivity index (χ3n) is 1.96. The molecule has 2 N–H and O–H groups in total. The predicted molar refractivity (Wildman–Crippen MR) is 67.5 cm³/mol. The van der Waals surface area contributed by atoms with Crippen LogP contribution in [0, 0.1) is 0 Å². The Morgan fingerprint density at radius 2 is 2.05 bits per heavy atom. The first-order chi connectivity index (χ1) is 8.82. The van der Waals surface area contributed by atoms with Crippen LogP contribution in [0.4, 0.5) is 5.82 Å². The molecule has 0 aliphatic carbocycles. The van der Waals surface area contributed by atoms with E-state index in [4.69, 9.17) is 9.84 Å². The van der Waals surface area contributed by atoms with E-state index in [9.17, 15) is 13.2 Å². The summed E-state index contributed by atoms with van der Waals surface area (Å²) in [5, 5.41) is 8.85. The molecule has 0 aromatic carbocycles. The molecule has 0 unspecified atom stereocenters. The number of rotatable bonds is 7. The SMILES string of the molecule is CC(C)OCCS(=O)(=O)Nc1nccnc1C(=O)O. The fourth-order valence-electron chi connectivity index (χ4n) is 1.16. The van der Waals surface area contributed by atoms with Gasteiger partial charge in [0.1, 0.15) is 0 Å². The molecule has 9 heteroatoms. The summed E-state index contributed by atoms with van der Waals surface area (Å²) in [5.41, 5.74) is -0.448. The number of ether oxygens (including phenoxy) is 1. The first kappa shape index (κ1) is 15.3. The number of anilines is 1. The number of carboxylic acid groups (broad SMARTS) is 1. The number of nitrogens with zero attached hydrogens (tertiary/aromatic N) is 2. The van der Waals surface area contributed by atoms with Crippen LogP contribution < -0.4 is 4.72 Å². The number of aromatic nitrogens is 2. The normalized spacial score (nSPS) is 11.5. The maximum absolute atomic E-state index is 11.7. The Morgan fingerprint density at radius 1 is 1.42 bits per heavy atom. The first-order valence-corrected chi connectivity index (χ1v) is 7.13. The second-order valence-electron chi connectivity index (χ2n) is 3.90. The third kappa shape index (κ3) is 5.18. The van der Waals surface area contributed by atoms with E-state index >= 15 is 0 Å². The largest absolute Gasteiger partial charge is 0.476 e. The van der Waals surface area contributed by atoms with Crippen molar-refractivity contribution < 1.29 is 23.1 Å². The number of hydrogen-bond donors (Lipinski definition) is 2. The topological polar surface area (TPSA) is 118 Å². The van der Waals surface area contributed by atoms with Gasteiger partial charge in [0, 0.05) is 12.4 Å². The highest BCUT2D eigenvalue weighted by Gasteiger charge is 2.18. The van der Waals surface area contributed by atoms with Crippen LogP contribution in [0.1, 0.15) is 24.3 Å². The van der Waals surface area contributed by atoms with Crippen molar-refractivity contribution in [3.05, 3.63) is 18.1 Å². The zero-order valence-corrected chi connectivity index (χ0v) is 11.3. The van der Waals surface area contributed by atoms with E-state index in [1.54, 1.807) is 13.8 Å². The second-order valence-corrected chi connectivity index (χ2v) is 5.74. The smallest absolute Gasteiger partial charge is 0.358 e. The minimum absolute atomic E-state index is 0.00959. The molecule has 0 spiro atoms. The minimum atomic E-state index is -3.73. The van der Waals surface area contributed by atoms with Gasteiger partial charge in [0.05, 0.1) is 18.5 Å². The molecule has 0 amide bonds. The van der Waals surface area contributed by atoms with Gasteiger partial charge in [-0.3, -0.25) is 4.72 Å². The van der Waals surface area contributed by atoms with E-state index in [1.165, 1.54) is 12.4 Å². The summed E-state index contributed by atoms with van der Waals surface area (Å²) in [7, 11) is -3.73. The summed E-state index contributed by atoms with van der Waals surface area (Å²) < 4.78 is 30.6. The molecule has 1 heterocycles. The molecule has 0 saturated carbocycles. The molecule has 0 atom stereocenters. The summed E-state index contributed by atoms with van der Waals surface area (Å²) in [6.45, 7) is 3.58. The Labute approximate surface area is 110 Å². The third-order valence-corrected chi connectivity index (χ3v) is 3.16. The zero-order chi connectivity index (χ0) is 14.5. The highest BCUT2D eigenvalue weighted by molar-refractivity contribution is 7.92. The molecule has 0 bridgehead atoms. The van der Waals surface area contributed by atoms with Crippen molar-refractivity contribution >= 4 is 21.8 Å². The van der Waals surface area contributed by atoms with Crippen molar-refractivity contribution in [2.45, 2.75) is 20.0 Å². The lowest BCUT2D eigenvalue weighted by Crippen LogP contribution is -2.23. The van der Waals surface area contributed by atoms with Crippen molar-refractivity contribution in [2.75, 3.05) is 17.1 Å². The molecule has 1 aromatic heterocycles.